The molecule has 2 N–H and O–H groups in total. The van der Waals surface area contributed by atoms with E-state index in [-0.39, 0.29) is 10.8 Å². The quantitative estimate of drug-likeness (QED) is 0.818. The van der Waals surface area contributed by atoms with Crippen LogP contribution in [0.1, 0.15) is 25.3 Å². The van der Waals surface area contributed by atoms with Gasteiger partial charge in [0.05, 0.1) is 5.02 Å². The molecule has 1 fully saturated rings. The largest absolute Gasteiger partial charge is 0.312 e. The Hall–Kier alpha value is -0.640. The number of rotatable bonds is 6. The first-order valence-corrected chi connectivity index (χ1v) is 6.43. The Morgan fingerprint density at radius 2 is 2.24 bits per heavy atom. The van der Waals surface area contributed by atoms with E-state index in [2.05, 4.69) is 17.6 Å². The summed E-state index contributed by atoms with van der Waals surface area (Å²) in [5.41, 5.74) is 0.921. The third-order valence-electron chi connectivity index (χ3n) is 2.93. The van der Waals surface area contributed by atoms with E-state index < -0.39 is 0 Å². The van der Waals surface area contributed by atoms with E-state index in [0.717, 1.165) is 18.2 Å². The Kier molecular flexibility index (Phi) is 4.37. The number of hydrogen-bond donors (Lipinski definition) is 2. The van der Waals surface area contributed by atoms with Crippen LogP contribution in [-0.2, 0) is 6.54 Å². The van der Waals surface area contributed by atoms with Gasteiger partial charge in [0.2, 0.25) is 0 Å². The second kappa shape index (κ2) is 5.80. The molecule has 1 aromatic rings. The van der Waals surface area contributed by atoms with Gasteiger partial charge in [-0.25, -0.2) is 4.39 Å². The summed E-state index contributed by atoms with van der Waals surface area (Å²) in [5, 5.41) is 6.99. The topological polar surface area (TPSA) is 24.1 Å². The van der Waals surface area contributed by atoms with Crippen molar-refractivity contribution in [3.05, 3.63) is 34.6 Å². The van der Waals surface area contributed by atoms with Crippen LogP contribution < -0.4 is 10.6 Å². The second-order valence-corrected chi connectivity index (χ2v) is 5.12. The minimum absolute atomic E-state index is 0.178. The predicted molar refractivity (Wildman–Crippen MR) is 68.7 cm³/mol. The molecule has 17 heavy (non-hydrogen) atoms. The fourth-order valence-corrected chi connectivity index (χ4v) is 1.76. The molecular formula is C13H18ClFN2. The second-order valence-electron chi connectivity index (χ2n) is 4.71. The molecule has 0 bridgehead atoms. The SMILES string of the molecule is CC(CNC1CC1)NCc1ccc(Cl)c(F)c1. The summed E-state index contributed by atoms with van der Waals surface area (Å²) >= 11 is 5.63. The van der Waals surface area contributed by atoms with Crippen molar-refractivity contribution in [3.63, 3.8) is 0 Å². The summed E-state index contributed by atoms with van der Waals surface area (Å²) in [6.07, 6.45) is 2.60. The molecule has 0 heterocycles. The Balaban J connectivity index is 1.73. The standard InChI is InChI=1S/C13H18ClFN2/c1-9(7-17-11-3-4-11)16-8-10-2-5-12(14)13(15)6-10/h2,5-6,9,11,16-17H,3-4,7-8H2,1H3. The molecule has 0 aliphatic heterocycles. The van der Waals surface area contributed by atoms with Gasteiger partial charge in [0.15, 0.2) is 0 Å². The van der Waals surface area contributed by atoms with Crippen molar-refractivity contribution in [2.45, 2.75) is 38.4 Å². The van der Waals surface area contributed by atoms with E-state index in [0.29, 0.717) is 12.6 Å². The maximum Gasteiger partial charge on any atom is 0.142 e. The average molecular weight is 257 g/mol. The maximum atomic E-state index is 13.2. The van der Waals surface area contributed by atoms with Crippen molar-refractivity contribution < 1.29 is 4.39 Å². The zero-order valence-electron chi connectivity index (χ0n) is 9.97. The first-order valence-electron chi connectivity index (χ1n) is 6.06. The summed E-state index contributed by atoms with van der Waals surface area (Å²) in [5.74, 6) is -0.352. The fourth-order valence-electron chi connectivity index (χ4n) is 1.64. The van der Waals surface area contributed by atoms with E-state index in [4.69, 9.17) is 11.6 Å². The van der Waals surface area contributed by atoms with Gasteiger partial charge in [0, 0.05) is 25.2 Å². The summed E-state index contributed by atoms with van der Waals surface area (Å²) in [4.78, 5) is 0. The highest BCUT2D eigenvalue weighted by Crippen LogP contribution is 2.18. The van der Waals surface area contributed by atoms with Crippen LogP contribution in [0, 0.1) is 5.82 Å². The summed E-state index contributed by atoms with van der Waals surface area (Å²) in [6, 6.07) is 6.04. The summed E-state index contributed by atoms with van der Waals surface area (Å²) < 4.78 is 13.2. The van der Waals surface area contributed by atoms with Crippen LogP contribution in [0.5, 0.6) is 0 Å². The van der Waals surface area contributed by atoms with Crippen LogP contribution in [0.2, 0.25) is 5.02 Å². The van der Waals surface area contributed by atoms with Gasteiger partial charge in [-0.15, -0.1) is 0 Å². The van der Waals surface area contributed by atoms with Crippen LogP contribution in [0.15, 0.2) is 18.2 Å². The molecule has 0 saturated heterocycles. The van der Waals surface area contributed by atoms with Crippen molar-refractivity contribution in [2.75, 3.05) is 6.54 Å². The molecule has 2 rings (SSSR count). The van der Waals surface area contributed by atoms with Gasteiger partial charge in [0.25, 0.3) is 0 Å². The van der Waals surface area contributed by atoms with E-state index in [1.165, 1.54) is 18.9 Å². The lowest BCUT2D eigenvalue weighted by Gasteiger charge is -2.14. The molecular weight excluding hydrogens is 239 g/mol. The van der Waals surface area contributed by atoms with Crippen molar-refractivity contribution in [1.82, 2.24) is 10.6 Å². The van der Waals surface area contributed by atoms with E-state index in [1.807, 2.05) is 6.07 Å². The summed E-state index contributed by atoms with van der Waals surface area (Å²) in [6.45, 7) is 3.75. The van der Waals surface area contributed by atoms with Gasteiger partial charge in [-0.05, 0) is 37.5 Å². The van der Waals surface area contributed by atoms with Gasteiger partial charge in [-0.2, -0.15) is 0 Å². The minimum Gasteiger partial charge on any atom is -0.312 e. The van der Waals surface area contributed by atoms with Gasteiger partial charge >= 0.3 is 0 Å². The highest BCUT2D eigenvalue weighted by molar-refractivity contribution is 6.30. The average Bonchev–Trinajstić information content (AvgIpc) is 3.12. The molecule has 2 nitrogen and oxygen atoms in total. The molecule has 0 amide bonds. The third kappa shape index (κ3) is 4.26. The third-order valence-corrected chi connectivity index (χ3v) is 3.24. The van der Waals surface area contributed by atoms with E-state index >= 15 is 0 Å². The first kappa shape index (κ1) is 12.8. The van der Waals surface area contributed by atoms with Crippen LogP contribution in [0.25, 0.3) is 0 Å². The molecule has 0 radical (unpaired) electrons. The molecule has 1 aromatic carbocycles. The Bertz CT molecular complexity index is 380. The molecule has 1 aliphatic carbocycles. The summed E-state index contributed by atoms with van der Waals surface area (Å²) in [7, 11) is 0. The Labute approximate surface area is 107 Å². The molecule has 0 spiro atoms. The molecule has 1 atom stereocenters. The maximum absolute atomic E-state index is 13.2. The van der Waals surface area contributed by atoms with Crippen LogP contribution in [-0.4, -0.2) is 18.6 Å². The Morgan fingerprint density at radius 3 is 2.88 bits per heavy atom. The molecule has 4 heteroatoms. The zero-order chi connectivity index (χ0) is 12.3. The Morgan fingerprint density at radius 1 is 1.47 bits per heavy atom. The van der Waals surface area contributed by atoms with Gasteiger partial charge in [-0.3, -0.25) is 0 Å². The molecule has 94 valence electrons. The van der Waals surface area contributed by atoms with Crippen LogP contribution in [0.3, 0.4) is 0 Å². The number of benzene rings is 1. The molecule has 1 saturated carbocycles. The van der Waals surface area contributed by atoms with Crippen molar-refractivity contribution in [1.29, 1.82) is 0 Å². The first-order chi connectivity index (χ1) is 8.15. The lowest BCUT2D eigenvalue weighted by atomic mass is 10.2. The van der Waals surface area contributed by atoms with E-state index in [1.54, 1.807) is 6.07 Å². The molecule has 1 aliphatic rings. The fraction of sp³-hybridized carbons (Fsp3) is 0.538. The predicted octanol–water partition coefficient (Wildman–Crippen LogP) is 2.71. The monoisotopic (exact) mass is 256 g/mol. The lowest BCUT2D eigenvalue weighted by molar-refractivity contribution is 0.499. The number of hydrogen-bond acceptors (Lipinski definition) is 2. The number of nitrogens with one attached hydrogen (secondary N) is 2. The van der Waals surface area contributed by atoms with Crippen LogP contribution in [0.4, 0.5) is 4.39 Å². The smallest absolute Gasteiger partial charge is 0.142 e. The van der Waals surface area contributed by atoms with Crippen molar-refractivity contribution >= 4 is 11.6 Å². The van der Waals surface area contributed by atoms with Gasteiger partial charge in [-0.1, -0.05) is 17.7 Å². The van der Waals surface area contributed by atoms with Crippen molar-refractivity contribution in [2.24, 2.45) is 0 Å². The van der Waals surface area contributed by atoms with Gasteiger partial charge < -0.3 is 10.6 Å². The van der Waals surface area contributed by atoms with Crippen LogP contribution >= 0.6 is 11.6 Å². The molecule has 1 unspecified atom stereocenters. The highest BCUT2D eigenvalue weighted by Gasteiger charge is 2.20. The highest BCUT2D eigenvalue weighted by atomic mass is 35.5. The minimum atomic E-state index is -0.352. The number of halogens is 2. The van der Waals surface area contributed by atoms with Crippen molar-refractivity contribution in [3.8, 4) is 0 Å². The lowest BCUT2D eigenvalue weighted by Crippen LogP contribution is -2.36. The normalized spacial score (nSPS) is 17.1. The zero-order valence-corrected chi connectivity index (χ0v) is 10.7. The van der Waals surface area contributed by atoms with Gasteiger partial charge in [0.1, 0.15) is 5.82 Å². The molecule has 0 aromatic heterocycles. The van der Waals surface area contributed by atoms with E-state index in [9.17, 15) is 4.39 Å².